The second-order valence-corrected chi connectivity index (χ2v) is 9.02. The van der Waals surface area contributed by atoms with Crippen LogP contribution in [0.2, 0.25) is 0 Å². The highest BCUT2D eigenvalue weighted by Gasteiger charge is 2.33. The zero-order chi connectivity index (χ0) is 22.2. The first-order valence-electron chi connectivity index (χ1n) is 10.7. The van der Waals surface area contributed by atoms with Crippen LogP contribution in [0.3, 0.4) is 0 Å². The molecule has 4 heterocycles. The van der Waals surface area contributed by atoms with Crippen LogP contribution in [0.5, 0.6) is 0 Å². The Balaban J connectivity index is 1.47. The van der Waals surface area contributed by atoms with Gasteiger partial charge in [0.2, 0.25) is 0 Å². The van der Waals surface area contributed by atoms with Crippen LogP contribution in [-0.2, 0) is 24.8 Å². The first-order valence-corrected chi connectivity index (χ1v) is 10.7. The van der Waals surface area contributed by atoms with E-state index in [4.69, 9.17) is 4.74 Å². The minimum absolute atomic E-state index is 0.0389. The summed E-state index contributed by atoms with van der Waals surface area (Å²) in [6, 6.07) is 5.85. The number of carbonyl (C=O) groups is 2. The van der Waals surface area contributed by atoms with Crippen molar-refractivity contribution in [2.24, 2.45) is 7.05 Å². The van der Waals surface area contributed by atoms with E-state index in [1.807, 2.05) is 43.9 Å². The Hall–Kier alpha value is -3.10. The summed E-state index contributed by atoms with van der Waals surface area (Å²) >= 11 is 0. The molecule has 2 amide bonds. The van der Waals surface area contributed by atoms with Crippen molar-refractivity contribution in [3.8, 4) is 0 Å². The van der Waals surface area contributed by atoms with E-state index < -0.39 is 5.60 Å². The highest BCUT2D eigenvalue weighted by atomic mass is 16.6. The van der Waals surface area contributed by atoms with E-state index in [-0.39, 0.29) is 12.0 Å². The number of carbonyl (C=O) groups excluding carboxylic acids is 2. The Morgan fingerprint density at radius 1 is 1.03 bits per heavy atom. The van der Waals surface area contributed by atoms with Gasteiger partial charge < -0.3 is 19.4 Å². The minimum atomic E-state index is -0.557. The van der Waals surface area contributed by atoms with Gasteiger partial charge in [-0.3, -0.25) is 9.48 Å². The maximum atomic E-state index is 13.4. The number of anilines is 1. The Bertz CT molecular complexity index is 958. The number of amides is 2. The summed E-state index contributed by atoms with van der Waals surface area (Å²) in [7, 11) is 1.80. The van der Waals surface area contributed by atoms with E-state index in [2.05, 4.69) is 15.0 Å². The Labute approximate surface area is 182 Å². The van der Waals surface area contributed by atoms with E-state index in [1.54, 1.807) is 22.8 Å². The third kappa shape index (κ3) is 4.50. The van der Waals surface area contributed by atoms with Gasteiger partial charge in [0.15, 0.2) is 0 Å². The van der Waals surface area contributed by atoms with Crippen molar-refractivity contribution < 1.29 is 14.3 Å². The lowest BCUT2D eigenvalue weighted by molar-refractivity contribution is 0.0222. The molecule has 9 heteroatoms. The summed E-state index contributed by atoms with van der Waals surface area (Å²) in [6.45, 7) is 9.12. The Morgan fingerprint density at radius 3 is 2.42 bits per heavy atom. The maximum absolute atomic E-state index is 13.4. The number of fused-ring (bicyclic) bond motifs is 1. The Kier molecular flexibility index (Phi) is 5.60. The van der Waals surface area contributed by atoms with Crippen LogP contribution < -0.4 is 4.90 Å². The van der Waals surface area contributed by atoms with Crippen LogP contribution in [-0.4, -0.2) is 74.9 Å². The molecular weight excluding hydrogens is 396 g/mol. The predicted molar refractivity (Wildman–Crippen MR) is 116 cm³/mol. The number of nitrogens with zero attached hydrogens (tertiary/aromatic N) is 6. The molecule has 0 spiro atoms. The van der Waals surface area contributed by atoms with E-state index in [1.165, 1.54) is 0 Å². The SMILES string of the molecule is Cn1nc2c(c1C(=O)N1CCN(c3ccccn3)CC1)CN(C(=O)OC(C)(C)C)CC2. The molecule has 2 aromatic heterocycles. The highest BCUT2D eigenvalue weighted by Crippen LogP contribution is 2.25. The molecule has 0 saturated carbocycles. The summed E-state index contributed by atoms with van der Waals surface area (Å²) in [5.41, 5.74) is 1.72. The fraction of sp³-hybridized carbons (Fsp3) is 0.545. The average Bonchev–Trinajstić information content (AvgIpc) is 3.07. The van der Waals surface area contributed by atoms with Crippen LogP contribution in [0.15, 0.2) is 24.4 Å². The van der Waals surface area contributed by atoms with E-state index in [0.717, 1.165) is 30.2 Å². The van der Waals surface area contributed by atoms with Gasteiger partial charge in [0.05, 0.1) is 12.2 Å². The molecule has 4 rings (SSSR count). The molecule has 2 aromatic rings. The summed E-state index contributed by atoms with van der Waals surface area (Å²) in [4.78, 5) is 36.1. The summed E-state index contributed by atoms with van der Waals surface area (Å²) < 4.78 is 7.19. The fourth-order valence-electron chi connectivity index (χ4n) is 4.08. The molecule has 2 aliphatic rings. The monoisotopic (exact) mass is 426 g/mol. The van der Waals surface area contributed by atoms with Crippen molar-refractivity contribution in [3.63, 3.8) is 0 Å². The zero-order valence-electron chi connectivity index (χ0n) is 18.7. The van der Waals surface area contributed by atoms with Crippen LogP contribution in [0.4, 0.5) is 10.6 Å². The molecule has 166 valence electrons. The molecule has 0 radical (unpaired) electrons. The number of pyridine rings is 1. The molecule has 1 saturated heterocycles. The number of aromatic nitrogens is 3. The third-order valence-corrected chi connectivity index (χ3v) is 5.59. The highest BCUT2D eigenvalue weighted by molar-refractivity contribution is 5.94. The smallest absolute Gasteiger partial charge is 0.410 e. The number of ether oxygens (including phenoxy) is 1. The van der Waals surface area contributed by atoms with Crippen molar-refractivity contribution in [1.82, 2.24) is 24.6 Å². The molecule has 31 heavy (non-hydrogen) atoms. The van der Waals surface area contributed by atoms with Gasteiger partial charge in [0.1, 0.15) is 17.1 Å². The van der Waals surface area contributed by atoms with Crippen LogP contribution in [0, 0.1) is 0 Å². The van der Waals surface area contributed by atoms with Crippen LogP contribution >= 0.6 is 0 Å². The van der Waals surface area contributed by atoms with Crippen LogP contribution in [0.25, 0.3) is 0 Å². The van der Waals surface area contributed by atoms with Gasteiger partial charge in [-0.25, -0.2) is 9.78 Å². The molecule has 0 N–H and O–H groups in total. The normalized spacial score (nSPS) is 16.8. The van der Waals surface area contributed by atoms with Crippen molar-refractivity contribution >= 4 is 17.8 Å². The van der Waals surface area contributed by atoms with Gasteiger partial charge in [0.25, 0.3) is 5.91 Å². The average molecular weight is 427 g/mol. The van der Waals surface area contributed by atoms with E-state index >= 15 is 0 Å². The van der Waals surface area contributed by atoms with Gasteiger partial charge in [-0.2, -0.15) is 5.10 Å². The standard InChI is InChI=1S/C22H30N6O3/c1-22(2,3)31-21(30)28-10-8-17-16(15-28)19(25(4)24-17)20(29)27-13-11-26(12-14-27)18-7-5-6-9-23-18/h5-7,9H,8,10-15H2,1-4H3. The largest absolute Gasteiger partial charge is 0.444 e. The lowest BCUT2D eigenvalue weighted by atomic mass is 10.0. The second kappa shape index (κ2) is 8.20. The van der Waals surface area contributed by atoms with E-state index in [0.29, 0.717) is 38.3 Å². The molecule has 1 fully saturated rings. The van der Waals surface area contributed by atoms with E-state index in [9.17, 15) is 9.59 Å². The third-order valence-electron chi connectivity index (χ3n) is 5.59. The molecule has 0 aliphatic carbocycles. The van der Waals surface area contributed by atoms with Crippen LogP contribution in [0.1, 0.15) is 42.5 Å². The molecular formula is C22H30N6O3. The second-order valence-electron chi connectivity index (χ2n) is 9.02. The number of rotatable bonds is 2. The first-order chi connectivity index (χ1) is 14.7. The molecule has 0 bridgehead atoms. The lowest BCUT2D eigenvalue weighted by Crippen LogP contribution is -2.49. The lowest BCUT2D eigenvalue weighted by Gasteiger charge is -2.35. The van der Waals surface area contributed by atoms with Crippen molar-refractivity contribution in [2.45, 2.75) is 39.3 Å². The van der Waals surface area contributed by atoms with Gasteiger partial charge in [0, 0.05) is 58.0 Å². The molecule has 2 aliphatic heterocycles. The van der Waals surface area contributed by atoms with Gasteiger partial charge in [-0.15, -0.1) is 0 Å². The van der Waals surface area contributed by atoms with Crippen molar-refractivity contribution in [1.29, 1.82) is 0 Å². The summed E-state index contributed by atoms with van der Waals surface area (Å²) in [5.74, 6) is 0.892. The summed E-state index contributed by atoms with van der Waals surface area (Å²) in [6.07, 6.45) is 2.04. The Morgan fingerprint density at radius 2 is 1.77 bits per heavy atom. The van der Waals surface area contributed by atoms with Gasteiger partial charge in [-0.05, 0) is 32.9 Å². The number of hydrogen-bond donors (Lipinski definition) is 0. The molecule has 9 nitrogen and oxygen atoms in total. The molecule has 0 unspecified atom stereocenters. The summed E-state index contributed by atoms with van der Waals surface area (Å²) in [5, 5.41) is 4.57. The topological polar surface area (TPSA) is 83.8 Å². The first kappa shape index (κ1) is 21.1. The van der Waals surface area contributed by atoms with Gasteiger partial charge in [-0.1, -0.05) is 6.07 Å². The van der Waals surface area contributed by atoms with Crippen molar-refractivity contribution in [2.75, 3.05) is 37.6 Å². The molecule has 0 aromatic carbocycles. The predicted octanol–water partition coefficient (Wildman–Crippen LogP) is 2.07. The fourth-order valence-corrected chi connectivity index (χ4v) is 4.08. The quantitative estimate of drug-likeness (QED) is 0.731. The zero-order valence-corrected chi connectivity index (χ0v) is 18.7. The van der Waals surface area contributed by atoms with Gasteiger partial charge >= 0.3 is 6.09 Å². The number of piperazine rings is 1. The number of aryl methyl sites for hydroxylation is 1. The minimum Gasteiger partial charge on any atom is -0.444 e. The number of hydrogen-bond acceptors (Lipinski definition) is 6. The van der Waals surface area contributed by atoms with Crippen molar-refractivity contribution in [3.05, 3.63) is 41.3 Å². The molecule has 0 atom stereocenters. The maximum Gasteiger partial charge on any atom is 0.410 e.